The van der Waals surface area contributed by atoms with Gasteiger partial charge < -0.3 is 4.74 Å². The number of rotatable bonds is 5. The van der Waals surface area contributed by atoms with Gasteiger partial charge in [0, 0.05) is 18.1 Å². The molecule has 3 aromatic rings. The zero-order valence-corrected chi connectivity index (χ0v) is 15.9. The molecule has 0 saturated carbocycles. The lowest BCUT2D eigenvalue weighted by Crippen LogP contribution is -2.26. The minimum atomic E-state index is -4.03. The number of nitrogens with zero attached hydrogens (tertiary/aromatic N) is 3. The summed E-state index contributed by atoms with van der Waals surface area (Å²) in [7, 11) is -1.43. The Bertz CT molecular complexity index is 1110. The molecular formula is C15H12ClN3O5S2. The standard InChI is InChI=1S/C15H12ClN3O5S2/c1-18(15-17-11-7-9(16)3-5-13(11)25-15)26(22,23)14-6-4-10(19(20)21)8-12(14)24-2/h3-8H,1-2H3. The number of sulfonamides is 1. The van der Waals surface area contributed by atoms with E-state index >= 15 is 0 Å². The molecule has 26 heavy (non-hydrogen) atoms. The van der Waals surface area contributed by atoms with E-state index in [9.17, 15) is 18.5 Å². The zero-order valence-electron chi connectivity index (χ0n) is 13.5. The summed E-state index contributed by atoms with van der Waals surface area (Å²) < 4.78 is 32.7. The first-order chi connectivity index (χ1) is 12.2. The summed E-state index contributed by atoms with van der Waals surface area (Å²) in [5.74, 6) is -0.116. The number of nitro benzene ring substituents is 1. The number of anilines is 1. The maximum absolute atomic E-state index is 13.0. The van der Waals surface area contributed by atoms with E-state index in [0.29, 0.717) is 10.5 Å². The third kappa shape index (κ3) is 3.18. The molecule has 136 valence electrons. The second-order valence-electron chi connectivity index (χ2n) is 5.17. The highest BCUT2D eigenvalue weighted by molar-refractivity contribution is 7.93. The summed E-state index contributed by atoms with van der Waals surface area (Å²) in [4.78, 5) is 14.4. The van der Waals surface area contributed by atoms with Gasteiger partial charge in [-0.3, -0.25) is 10.1 Å². The van der Waals surface area contributed by atoms with E-state index in [0.717, 1.165) is 27.2 Å². The van der Waals surface area contributed by atoms with E-state index in [1.807, 2.05) is 0 Å². The van der Waals surface area contributed by atoms with Gasteiger partial charge in [-0.25, -0.2) is 17.7 Å². The highest BCUT2D eigenvalue weighted by Crippen LogP contribution is 2.35. The molecule has 0 unspecified atom stereocenters. The van der Waals surface area contributed by atoms with Crippen molar-refractivity contribution >= 4 is 54.0 Å². The second kappa shape index (κ2) is 6.71. The van der Waals surface area contributed by atoms with Gasteiger partial charge in [-0.1, -0.05) is 22.9 Å². The Morgan fingerprint density at radius 3 is 2.65 bits per heavy atom. The lowest BCUT2D eigenvalue weighted by Gasteiger charge is -2.17. The molecule has 0 amide bonds. The first-order valence-electron chi connectivity index (χ1n) is 7.11. The van der Waals surface area contributed by atoms with Gasteiger partial charge in [-0.05, 0) is 24.3 Å². The summed E-state index contributed by atoms with van der Waals surface area (Å²) >= 11 is 7.12. The van der Waals surface area contributed by atoms with Gasteiger partial charge in [0.2, 0.25) is 0 Å². The molecule has 0 atom stereocenters. The third-order valence-electron chi connectivity index (χ3n) is 3.60. The van der Waals surface area contributed by atoms with Crippen molar-refractivity contribution in [1.82, 2.24) is 4.98 Å². The van der Waals surface area contributed by atoms with Crippen LogP contribution in [0.5, 0.6) is 5.75 Å². The monoisotopic (exact) mass is 413 g/mol. The first-order valence-corrected chi connectivity index (χ1v) is 9.75. The summed E-state index contributed by atoms with van der Waals surface area (Å²) in [5, 5.41) is 11.6. The number of methoxy groups -OCH3 is 1. The number of aromatic nitrogens is 1. The van der Waals surface area contributed by atoms with E-state index in [-0.39, 0.29) is 21.5 Å². The molecule has 0 fully saturated rings. The molecule has 8 nitrogen and oxygen atoms in total. The molecule has 11 heteroatoms. The van der Waals surface area contributed by atoms with Crippen LogP contribution in [0.3, 0.4) is 0 Å². The van der Waals surface area contributed by atoms with Gasteiger partial charge in [-0.15, -0.1) is 0 Å². The summed E-state index contributed by atoms with van der Waals surface area (Å²) in [6, 6.07) is 8.42. The van der Waals surface area contributed by atoms with Crippen LogP contribution in [-0.2, 0) is 10.0 Å². The molecule has 0 spiro atoms. The molecule has 1 aromatic heterocycles. The normalized spacial score (nSPS) is 11.5. The van der Waals surface area contributed by atoms with E-state index < -0.39 is 14.9 Å². The van der Waals surface area contributed by atoms with Gasteiger partial charge in [0.05, 0.1) is 28.3 Å². The number of halogens is 1. The second-order valence-corrected chi connectivity index (χ2v) is 8.56. The largest absolute Gasteiger partial charge is 0.495 e. The van der Waals surface area contributed by atoms with Crippen LogP contribution in [0.2, 0.25) is 5.02 Å². The van der Waals surface area contributed by atoms with Crippen LogP contribution in [0, 0.1) is 10.1 Å². The predicted octanol–water partition coefficient (Wildman–Crippen LogP) is 3.69. The number of hydrogen-bond donors (Lipinski definition) is 0. The van der Waals surface area contributed by atoms with Gasteiger partial charge in [0.15, 0.2) is 5.13 Å². The Balaban J connectivity index is 2.07. The topological polar surface area (TPSA) is 103 Å². The van der Waals surface area contributed by atoms with Crippen LogP contribution < -0.4 is 9.04 Å². The average molecular weight is 414 g/mol. The van der Waals surface area contributed by atoms with Crippen molar-refractivity contribution in [1.29, 1.82) is 0 Å². The lowest BCUT2D eigenvalue weighted by atomic mass is 10.3. The molecule has 3 rings (SSSR count). The maximum Gasteiger partial charge on any atom is 0.273 e. The van der Waals surface area contributed by atoms with E-state index in [1.165, 1.54) is 25.5 Å². The summed E-state index contributed by atoms with van der Waals surface area (Å²) in [6.45, 7) is 0. The van der Waals surface area contributed by atoms with E-state index in [2.05, 4.69) is 4.98 Å². The van der Waals surface area contributed by atoms with Crippen molar-refractivity contribution in [2.45, 2.75) is 4.90 Å². The first kappa shape index (κ1) is 18.4. The van der Waals surface area contributed by atoms with E-state index in [1.54, 1.807) is 18.2 Å². The number of ether oxygens (including phenoxy) is 1. The quantitative estimate of drug-likeness (QED) is 0.466. The number of nitro groups is 1. The highest BCUT2D eigenvalue weighted by Gasteiger charge is 2.28. The number of hydrogen-bond acceptors (Lipinski definition) is 7. The summed E-state index contributed by atoms with van der Waals surface area (Å²) in [6.07, 6.45) is 0. The van der Waals surface area contributed by atoms with Crippen LogP contribution in [0.25, 0.3) is 10.2 Å². The zero-order chi connectivity index (χ0) is 19.1. The number of non-ortho nitro benzene ring substituents is 1. The third-order valence-corrected chi connectivity index (χ3v) is 6.85. The Morgan fingerprint density at radius 2 is 2.00 bits per heavy atom. The van der Waals surface area contributed by atoms with Crippen LogP contribution in [-0.4, -0.2) is 32.5 Å². The number of benzene rings is 2. The van der Waals surface area contributed by atoms with Gasteiger partial charge in [0.25, 0.3) is 15.7 Å². The molecule has 0 aliphatic rings. The van der Waals surface area contributed by atoms with Crippen molar-refractivity contribution in [3.05, 3.63) is 51.5 Å². The summed E-state index contributed by atoms with van der Waals surface area (Å²) in [5.41, 5.74) is 0.313. The minimum absolute atomic E-state index is 0.116. The van der Waals surface area contributed by atoms with Crippen molar-refractivity contribution in [2.24, 2.45) is 0 Å². The van der Waals surface area contributed by atoms with Crippen molar-refractivity contribution < 1.29 is 18.1 Å². The van der Waals surface area contributed by atoms with Gasteiger partial charge in [-0.2, -0.15) is 0 Å². The SMILES string of the molecule is COc1cc([N+](=O)[O-])ccc1S(=O)(=O)N(C)c1nc2cc(Cl)ccc2s1. The van der Waals surface area contributed by atoms with Crippen LogP contribution >= 0.6 is 22.9 Å². The molecule has 1 heterocycles. The fourth-order valence-electron chi connectivity index (χ4n) is 2.26. The molecule has 0 radical (unpaired) electrons. The Hall–Kier alpha value is -2.43. The Labute approximate surface area is 157 Å². The van der Waals surface area contributed by atoms with Crippen LogP contribution in [0.15, 0.2) is 41.3 Å². The fourth-order valence-corrected chi connectivity index (χ4v) is 4.82. The highest BCUT2D eigenvalue weighted by atomic mass is 35.5. The molecule has 2 aromatic carbocycles. The Morgan fingerprint density at radius 1 is 1.27 bits per heavy atom. The molecule has 0 bridgehead atoms. The lowest BCUT2D eigenvalue weighted by molar-refractivity contribution is -0.385. The maximum atomic E-state index is 13.0. The van der Waals surface area contributed by atoms with E-state index in [4.69, 9.17) is 16.3 Å². The van der Waals surface area contributed by atoms with Crippen molar-refractivity contribution in [3.8, 4) is 5.75 Å². The van der Waals surface area contributed by atoms with Crippen molar-refractivity contribution in [2.75, 3.05) is 18.5 Å². The molecule has 0 aliphatic heterocycles. The van der Waals surface area contributed by atoms with Crippen molar-refractivity contribution in [3.63, 3.8) is 0 Å². The van der Waals surface area contributed by atoms with Crippen LogP contribution in [0.1, 0.15) is 0 Å². The molecule has 0 saturated heterocycles. The van der Waals surface area contributed by atoms with Gasteiger partial charge in [0.1, 0.15) is 10.6 Å². The van der Waals surface area contributed by atoms with Crippen LogP contribution in [0.4, 0.5) is 10.8 Å². The minimum Gasteiger partial charge on any atom is -0.495 e. The molecule has 0 aliphatic carbocycles. The molecular weight excluding hydrogens is 402 g/mol. The molecule has 0 N–H and O–H groups in total. The Kier molecular flexibility index (Phi) is 4.74. The fraction of sp³-hybridized carbons (Fsp3) is 0.133. The predicted molar refractivity (Wildman–Crippen MR) is 99.9 cm³/mol. The smallest absolute Gasteiger partial charge is 0.273 e. The van der Waals surface area contributed by atoms with Gasteiger partial charge >= 0.3 is 0 Å². The average Bonchev–Trinajstić information content (AvgIpc) is 3.03. The number of thiazole rings is 1. The number of fused-ring (bicyclic) bond motifs is 1.